The van der Waals surface area contributed by atoms with E-state index in [1.807, 2.05) is 30.3 Å². The lowest BCUT2D eigenvalue weighted by Crippen LogP contribution is -2.31. The Morgan fingerprint density at radius 2 is 1.92 bits per heavy atom. The predicted octanol–water partition coefficient (Wildman–Crippen LogP) is 3.35. The fourth-order valence-corrected chi connectivity index (χ4v) is 2.92. The molecule has 136 valence electrons. The molecule has 0 saturated carbocycles. The van der Waals surface area contributed by atoms with Gasteiger partial charge in [0.25, 0.3) is 0 Å². The SMILES string of the molecule is CC1(C)Cc2cccc(OCC(O)CNCc3ccccc3)c2O1.Cl. The van der Waals surface area contributed by atoms with Crippen molar-refractivity contribution in [2.75, 3.05) is 13.2 Å². The third-order valence-corrected chi connectivity index (χ3v) is 4.04. The first-order valence-electron chi connectivity index (χ1n) is 8.40. The van der Waals surface area contributed by atoms with Gasteiger partial charge in [-0.1, -0.05) is 42.5 Å². The summed E-state index contributed by atoms with van der Waals surface area (Å²) in [4.78, 5) is 0. The van der Waals surface area contributed by atoms with Crippen LogP contribution in [0.4, 0.5) is 0 Å². The number of para-hydroxylation sites is 1. The van der Waals surface area contributed by atoms with E-state index >= 15 is 0 Å². The predicted molar refractivity (Wildman–Crippen MR) is 102 cm³/mol. The first-order valence-corrected chi connectivity index (χ1v) is 8.40. The van der Waals surface area contributed by atoms with Crippen molar-refractivity contribution in [1.82, 2.24) is 5.32 Å². The topological polar surface area (TPSA) is 50.7 Å². The molecule has 0 aromatic heterocycles. The van der Waals surface area contributed by atoms with Crippen LogP contribution < -0.4 is 14.8 Å². The van der Waals surface area contributed by atoms with Crippen LogP contribution in [0.1, 0.15) is 25.0 Å². The van der Waals surface area contributed by atoms with Crippen LogP contribution in [0.25, 0.3) is 0 Å². The molecule has 0 saturated heterocycles. The summed E-state index contributed by atoms with van der Waals surface area (Å²) in [6.45, 7) is 5.59. The monoisotopic (exact) mass is 363 g/mol. The number of benzene rings is 2. The molecule has 0 bridgehead atoms. The Bertz CT molecular complexity index is 676. The van der Waals surface area contributed by atoms with Gasteiger partial charge in [0.15, 0.2) is 11.5 Å². The molecule has 1 atom stereocenters. The standard InChI is InChI=1S/C20H25NO3.ClH/c1-20(2)11-16-9-6-10-18(19(16)24-20)23-14-17(22)13-21-12-15-7-4-3-5-8-15;/h3-10,17,21-22H,11-14H2,1-2H3;1H. The molecule has 0 radical (unpaired) electrons. The number of hydrogen-bond donors (Lipinski definition) is 2. The molecule has 3 rings (SSSR count). The van der Waals surface area contributed by atoms with Crippen molar-refractivity contribution < 1.29 is 14.6 Å². The number of aliphatic hydroxyl groups is 1. The van der Waals surface area contributed by atoms with E-state index in [4.69, 9.17) is 9.47 Å². The van der Waals surface area contributed by atoms with Gasteiger partial charge in [-0.05, 0) is 25.5 Å². The highest BCUT2D eigenvalue weighted by Crippen LogP contribution is 2.41. The van der Waals surface area contributed by atoms with E-state index in [-0.39, 0.29) is 24.6 Å². The zero-order valence-electron chi connectivity index (χ0n) is 14.7. The first-order chi connectivity index (χ1) is 11.5. The molecule has 1 unspecified atom stereocenters. The number of ether oxygens (including phenoxy) is 2. The molecular weight excluding hydrogens is 338 g/mol. The van der Waals surface area contributed by atoms with Gasteiger partial charge in [-0.25, -0.2) is 0 Å². The fraction of sp³-hybridized carbons (Fsp3) is 0.400. The molecule has 1 heterocycles. The molecule has 0 aliphatic carbocycles. The second-order valence-corrected chi connectivity index (χ2v) is 6.86. The Kier molecular flexibility index (Phi) is 6.71. The summed E-state index contributed by atoms with van der Waals surface area (Å²) < 4.78 is 11.8. The van der Waals surface area contributed by atoms with E-state index in [1.165, 1.54) is 5.56 Å². The van der Waals surface area contributed by atoms with E-state index in [0.717, 1.165) is 24.3 Å². The largest absolute Gasteiger partial charge is 0.487 e. The number of halogens is 1. The van der Waals surface area contributed by atoms with Crippen molar-refractivity contribution in [2.45, 2.75) is 38.5 Å². The van der Waals surface area contributed by atoms with Gasteiger partial charge in [-0.3, -0.25) is 0 Å². The first kappa shape index (κ1) is 19.6. The summed E-state index contributed by atoms with van der Waals surface area (Å²) in [7, 11) is 0. The Balaban J connectivity index is 0.00000225. The average molecular weight is 364 g/mol. The molecule has 0 amide bonds. The van der Waals surface area contributed by atoms with Gasteiger partial charge in [0, 0.05) is 25.1 Å². The quantitative estimate of drug-likeness (QED) is 0.792. The molecule has 1 aliphatic rings. The minimum Gasteiger partial charge on any atom is -0.487 e. The highest BCUT2D eigenvalue weighted by atomic mass is 35.5. The lowest BCUT2D eigenvalue weighted by Gasteiger charge is -2.19. The zero-order valence-corrected chi connectivity index (χ0v) is 15.5. The van der Waals surface area contributed by atoms with Gasteiger partial charge < -0.3 is 19.9 Å². The molecule has 2 aromatic rings. The van der Waals surface area contributed by atoms with Crippen molar-refractivity contribution in [3.8, 4) is 11.5 Å². The van der Waals surface area contributed by atoms with Crippen LogP contribution in [0, 0.1) is 0 Å². The minimum absolute atomic E-state index is 0. The summed E-state index contributed by atoms with van der Waals surface area (Å²) in [5.74, 6) is 1.52. The molecular formula is C20H26ClNO3. The maximum Gasteiger partial charge on any atom is 0.165 e. The number of rotatable bonds is 7. The zero-order chi connectivity index (χ0) is 17.0. The normalized spacial score (nSPS) is 15.6. The highest BCUT2D eigenvalue weighted by Gasteiger charge is 2.32. The number of hydrogen-bond acceptors (Lipinski definition) is 4. The van der Waals surface area contributed by atoms with Crippen LogP contribution in [-0.2, 0) is 13.0 Å². The number of fused-ring (bicyclic) bond motifs is 1. The second-order valence-electron chi connectivity index (χ2n) is 6.86. The third kappa shape index (κ3) is 5.36. The second kappa shape index (κ2) is 8.56. The molecule has 0 fully saturated rings. The molecule has 2 aromatic carbocycles. The van der Waals surface area contributed by atoms with Crippen molar-refractivity contribution in [2.24, 2.45) is 0 Å². The summed E-state index contributed by atoms with van der Waals surface area (Å²) in [6, 6.07) is 16.1. The van der Waals surface area contributed by atoms with Gasteiger partial charge in [0.2, 0.25) is 0 Å². The lowest BCUT2D eigenvalue weighted by molar-refractivity contribution is 0.0971. The summed E-state index contributed by atoms with van der Waals surface area (Å²) in [5.41, 5.74) is 2.16. The summed E-state index contributed by atoms with van der Waals surface area (Å²) in [5, 5.41) is 13.4. The van der Waals surface area contributed by atoms with Gasteiger partial charge in [0.1, 0.15) is 18.3 Å². The van der Waals surface area contributed by atoms with Crippen LogP contribution in [0.15, 0.2) is 48.5 Å². The van der Waals surface area contributed by atoms with Crippen LogP contribution in [0.3, 0.4) is 0 Å². The van der Waals surface area contributed by atoms with Crippen LogP contribution in [0.2, 0.25) is 0 Å². The van der Waals surface area contributed by atoms with Crippen molar-refractivity contribution in [3.63, 3.8) is 0 Å². The Morgan fingerprint density at radius 1 is 1.16 bits per heavy atom. The maximum atomic E-state index is 10.1. The van der Waals surface area contributed by atoms with Gasteiger partial charge in [0.05, 0.1) is 0 Å². The van der Waals surface area contributed by atoms with Gasteiger partial charge in [-0.2, -0.15) is 0 Å². The Hall–Kier alpha value is -1.75. The molecule has 5 heteroatoms. The van der Waals surface area contributed by atoms with E-state index < -0.39 is 6.10 Å². The number of aliphatic hydroxyl groups excluding tert-OH is 1. The third-order valence-electron chi connectivity index (χ3n) is 4.04. The maximum absolute atomic E-state index is 10.1. The van der Waals surface area contributed by atoms with Crippen LogP contribution >= 0.6 is 12.4 Å². The van der Waals surface area contributed by atoms with Crippen LogP contribution in [0.5, 0.6) is 11.5 Å². The highest BCUT2D eigenvalue weighted by molar-refractivity contribution is 5.85. The minimum atomic E-state index is -0.570. The Labute approximate surface area is 155 Å². The van der Waals surface area contributed by atoms with Crippen molar-refractivity contribution >= 4 is 12.4 Å². The van der Waals surface area contributed by atoms with Crippen molar-refractivity contribution in [1.29, 1.82) is 0 Å². The summed E-state index contributed by atoms with van der Waals surface area (Å²) >= 11 is 0. The lowest BCUT2D eigenvalue weighted by atomic mass is 10.0. The average Bonchev–Trinajstić information content (AvgIpc) is 2.88. The molecule has 25 heavy (non-hydrogen) atoms. The summed E-state index contributed by atoms with van der Waals surface area (Å²) in [6.07, 6.45) is 0.305. The van der Waals surface area contributed by atoms with E-state index in [2.05, 4.69) is 37.4 Å². The van der Waals surface area contributed by atoms with E-state index in [9.17, 15) is 5.11 Å². The van der Waals surface area contributed by atoms with Crippen molar-refractivity contribution in [3.05, 3.63) is 59.7 Å². The van der Waals surface area contributed by atoms with Gasteiger partial charge >= 0.3 is 0 Å². The fourth-order valence-electron chi connectivity index (χ4n) is 2.92. The molecule has 4 nitrogen and oxygen atoms in total. The smallest absolute Gasteiger partial charge is 0.165 e. The number of nitrogens with one attached hydrogen (secondary N) is 1. The molecule has 0 spiro atoms. The van der Waals surface area contributed by atoms with E-state index in [1.54, 1.807) is 0 Å². The molecule has 2 N–H and O–H groups in total. The Morgan fingerprint density at radius 3 is 2.68 bits per heavy atom. The van der Waals surface area contributed by atoms with E-state index in [0.29, 0.717) is 12.3 Å². The molecule has 1 aliphatic heterocycles. The van der Waals surface area contributed by atoms with Crippen LogP contribution in [-0.4, -0.2) is 30.0 Å². The van der Waals surface area contributed by atoms with Gasteiger partial charge in [-0.15, -0.1) is 12.4 Å².